The van der Waals surface area contributed by atoms with E-state index in [1.165, 1.54) is 0 Å². The Balaban J connectivity index is 1.68. The zero-order valence-corrected chi connectivity index (χ0v) is 16.5. The zero-order valence-electron chi connectivity index (χ0n) is 15.7. The van der Waals surface area contributed by atoms with Gasteiger partial charge in [-0.05, 0) is 54.7 Å². The van der Waals surface area contributed by atoms with Crippen molar-refractivity contribution in [2.24, 2.45) is 5.92 Å². The first-order chi connectivity index (χ1) is 13.0. The third kappa shape index (κ3) is 4.69. The second kappa shape index (κ2) is 8.57. The Morgan fingerprint density at radius 1 is 1.11 bits per heavy atom. The quantitative estimate of drug-likeness (QED) is 0.810. The molecule has 4 nitrogen and oxygen atoms in total. The van der Waals surface area contributed by atoms with Crippen molar-refractivity contribution in [1.29, 1.82) is 0 Å². The molecule has 2 aromatic carbocycles. The van der Waals surface area contributed by atoms with Crippen LogP contribution in [0, 0.1) is 5.92 Å². The number of nitrogens with one attached hydrogen (secondary N) is 1. The van der Waals surface area contributed by atoms with Crippen LogP contribution in [0.15, 0.2) is 48.5 Å². The Hall–Kier alpha value is -2.33. The number of benzene rings is 2. The van der Waals surface area contributed by atoms with Crippen molar-refractivity contribution in [3.63, 3.8) is 0 Å². The number of hydrogen-bond donors (Lipinski definition) is 1. The third-order valence-corrected chi connectivity index (χ3v) is 5.26. The maximum absolute atomic E-state index is 12.8. The van der Waals surface area contributed by atoms with Crippen LogP contribution >= 0.6 is 11.6 Å². The number of likely N-dealkylation sites (tertiary alicyclic amines) is 1. The maximum atomic E-state index is 12.8. The van der Waals surface area contributed by atoms with Gasteiger partial charge in [-0.1, -0.05) is 43.6 Å². The summed E-state index contributed by atoms with van der Waals surface area (Å²) >= 11 is 5.90. The van der Waals surface area contributed by atoms with Gasteiger partial charge in [0.1, 0.15) is 0 Å². The lowest BCUT2D eigenvalue weighted by molar-refractivity contribution is -0.121. The van der Waals surface area contributed by atoms with E-state index in [1.807, 2.05) is 24.3 Å². The highest BCUT2D eigenvalue weighted by Crippen LogP contribution is 2.26. The van der Waals surface area contributed by atoms with Gasteiger partial charge in [-0.2, -0.15) is 0 Å². The van der Waals surface area contributed by atoms with Crippen LogP contribution in [0.3, 0.4) is 0 Å². The molecular weight excluding hydrogens is 360 g/mol. The molecule has 0 unspecified atom stereocenters. The minimum atomic E-state index is -0.199. The number of amides is 2. The van der Waals surface area contributed by atoms with Crippen LogP contribution in [0.1, 0.15) is 48.5 Å². The average molecular weight is 385 g/mol. The van der Waals surface area contributed by atoms with E-state index in [2.05, 4.69) is 19.2 Å². The summed E-state index contributed by atoms with van der Waals surface area (Å²) in [6, 6.07) is 14.8. The highest BCUT2D eigenvalue weighted by atomic mass is 35.5. The van der Waals surface area contributed by atoms with Crippen molar-refractivity contribution in [2.45, 2.75) is 32.6 Å². The molecule has 0 spiro atoms. The molecule has 1 heterocycles. The highest BCUT2D eigenvalue weighted by molar-refractivity contribution is 6.30. The van der Waals surface area contributed by atoms with Gasteiger partial charge in [-0.15, -0.1) is 0 Å². The fraction of sp³-hybridized carbons (Fsp3) is 0.364. The Kier molecular flexibility index (Phi) is 6.17. The number of hydrogen-bond acceptors (Lipinski definition) is 2. The van der Waals surface area contributed by atoms with Gasteiger partial charge in [0.25, 0.3) is 5.91 Å². The van der Waals surface area contributed by atoms with Crippen molar-refractivity contribution in [1.82, 2.24) is 4.90 Å². The van der Waals surface area contributed by atoms with Gasteiger partial charge >= 0.3 is 0 Å². The van der Waals surface area contributed by atoms with Crippen molar-refractivity contribution >= 4 is 29.1 Å². The zero-order chi connectivity index (χ0) is 19.4. The molecule has 0 bridgehead atoms. The normalized spacial score (nSPS) is 17.0. The molecule has 142 valence electrons. The topological polar surface area (TPSA) is 49.4 Å². The smallest absolute Gasteiger partial charge is 0.253 e. The minimum absolute atomic E-state index is 0.0169. The van der Waals surface area contributed by atoms with Crippen LogP contribution in [-0.4, -0.2) is 29.8 Å². The lowest BCUT2D eigenvalue weighted by Gasteiger charge is -2.32. The predicted molar refractivity (Wildman–Crippen MR) is 109 cm³/mol. The molecule has 5 heteroatoms. The van der Waals surface area contributed by atoms with Gasteiger partial charge in [0.2, 0.25) is 5.91 Å². The van der Waals surface area contributed by atoms with Crippen LogP contribution in [0.25, 0.3) is 0 Å². The summed E-state index contributed by atoms with van der Waals surface area (Å²) in [5.41, 5.74) is 2.58. The lowest BCUT2D eigenvalue weighted by atomic mass is 9.95. The summed E-state index contributed by atoms with van der Waals surface area (Å²) in [5, 5.41) is 3.68. The fourth-order valence-corrected chi connectivity index (χ4v) is 3.63. The SMILES string of the molecule is CC(C)c1ccccc1NC(=O)[C@@H]1CCCN(C(=O)c2ccc(Cl)cc2)C1. The van der Waals surface area contributed by atoms with E-state index in [-0.39, 0.29) is 17.7 Å². The lowest BCUT2D eigenvalue weighted by Crippen LogP contribution is -2.43. The van der Waals surface area contributed by atoms with E-state index < -0.39 is 0 Å². The summed E-state index contributed by atoms with van der Waals surface area (Å²) in [6.45, 7) is 5.33. The Bertz CT molecular complexity index is 817. The van der Waals surface area contributed by atoms with Gasteiger partial charge in [0, 0.05) is 29.4 Å². The second-order valence-corrected chi connectivity index (χ2v) is 7.76. The monoisotopic (exact) mass is 384 g/mol. The molecule has 1 saturated heterocycles. The second-order valence-electron chi connectivity index (χ2n) is 7.33. The fourth-order valence-electron chi connectivity index (χ4n) is 3.50. The van der Waals surface area contributed by atoms with Crippen LogP contribution < -0.4 is 5.32 Å². The summed E-state index contributed by atoms with van der Waals surface area (Å²) in [7, 11) is 0. The van der Waals surface area contributed by atoms with E-state index in [9.17, 15) is 9.59 Å². The van der Waals surface area contributed by atoms with E-state index in [4.69, 9.17) is 11.6 Å². The number of piperidine rings is 1. The van der Waals surface area contributed by atoms with E-state index >= 15 is 0 Å². The first-order valence-corrected chi connectivity index (χ1v) is 9.78. The highest BCUT2D eigenvalue weighted by Gasteiger charge is 2.29. The van der Waals surface area contributed by atoms with Gasteiger partial charge in [-0.3, -0.25) is 9.59 Å². The van der Waals surface area contributed by atoms with E-state index in [0.717, 1.165) is 24.1 Å². The van der Waals surface area contributed by atoms with Gasteiger partial charge in [-0.25, -0.2) is 0 Å². The predicted octanol–water partition coefficient (Wildman–Crippen LogP) is 4.95. The molecule has 0 aliphatic carbocycles. The van der Waals surface area contributed by atoms with E-state index in [1.54, 1.807) is 29.2 Å². The Morgan fingerprint density at radius 2 is 1.81 bits per heavy atom. The van der Waals surface area contributed by atoms with Crippen LogP contribution in [0.4, 0.5) is 5.69 Å². The van der Waals surface area contributed by atoms with Crippen molar-refractivity contribution in [3.05, 3.63) is 64.7 Å². The molecular formula is C22H25ClN2O2. The summed E-state index contributed by atoms with van der Waals surface area (Å²) < 4.78 is 0. The summed E-state index contributed by atoms with van der Waals surface area (Å²) in [4.78, 5) is 27.3. The molecule has 27 heavy (non-hydrogen) atoms. The molecule has 2 aromatic rings. The summed E-state index contributed by atoms with van der Waals surface area (Å²) in [5.74, 6) is 0.0644. The average Bonchev–Trinajstić information content (AvgIpc) is 2.68. The molecule has 3 rings (SSSR count). The molecule has 1 aliphatic heterocycles. The molecule has 1 fully saturated rings. The maximum Gasteiger partial charge on any atom is 0.253 e. The van der Waals surface area contributed by atoms with Gasteiger partial charge in [0.15, 0.2) is 0 Å². The van der Waals surface area contributed by atoms with Crippen molar-refractivity contribution in [3.8, 4) is 0 Å². The number of nitrogens with zero attached hydrogens (tertiary/aromatic N) is 1. The van der Waals surface area contributed by atoms with Crippen molar-refractivity contribution < 1.29 is 9.59 Å². The number of carbonyl (C=O) groups excluding carboxylic acids is 2. The molecule has 2 amide bonds. The molecule has 1 N–H and O–H groups in total. The van der Waals surface area contributed by atoms with Crippen LogP contribution in [-0.2, 0) is 4.79 Å². The molecule has 1 aliphatic rings. The first kappa shape index (κ1) is 19.4. The minimum Gasteiger partial charge on any atom is -0.338 e. The Morgan fingerprint density at radius 3 is 2.52 bits per heavy atom. The van der Waals surface area contributed by atoms with Crippen LogP contribution in [0.5, 0.6) is 0 Å². The standard InChI is InChI=1S/C22H25ClN2O2/c1-15(2)19-7-3-4-8-20(19)24-21(26)17-6-5-13-25(14-17)22(27)16-9-11-18(23)12-10-16/h3-4,7-12,15,17H,5-6,13-14H2,1-2H3,(H,24,26)/t17-/m1/s1. The number of para-hydroxylation sites is 1. The number of anilines is 1. The third-order valence-electron chi connectivity index (χ3n) is 5.01. The van der Waals surface area contributed by atoms with Gasteiger partial charge in [0.05, 0.1) is 5.92 Å². The first-order valence-electron chi connectivity index (χ1n) is 9.40. The number of halogens is 1. The van der Waals surface area contributed by atoms with Gasteiger partial charge < -0.3 is 10.2 Å². The van der Waals surface area contributed by atoms with E-state index in [0.29, 0.717) is 29.6 Å². The number of rotatable bonds is 4. The van der Waals surface area contributed by atoms with Crippen LogP contribution in [0.2, 0.25) is 5.02 Å². The number of carbonyl (C=O) groups is 2. The summed E-state index contributed by atoms with van der Waals surface area (Å²) in [6.07, 6.45) is 1.61. The Labute approximate surface area is 165 Å². The largest absolute Gasteiger partial charge is 0.338 e. The molecule has 0 radical (unpaired) electrons. The molecule has 0 aromatic heterocycles. The molecule has 1 atom stereocenters. The molecule has 0 saturated carbocycles. The van der Waals surface area contributed by atoms with Crippen molar-refractivity contribution in [2.75, 3.05) is 18.4 Å².